The van der Waals surface area contributed by atoms with Gasteiger partial charge in [-0.05, 0) is 24.6 Å². The first kappa shape index (κ1) is 18.6. The Morgan fingerprint density at radius 2 is 2.19 bits per heavy atom. The summed E-state index contributed by atoms with van der Waals surface area (Å²) in [6.45, 7) is 1.98. The summed E-state index contributed by atoms with van der Waals surface area (Å²) in [7, 11) is 1.54. The van der Waals surface area contributed by atoms with E-state index in [1.165, 1.54) is 11.3 Å². The average Bonchev–Trinajstić information content (AvgIpc) is 3.29. The summed E-state index contributed by atoms with van der Waals surface area (Å²) in [5, 5.41) is 20.6. The number of nitrogens with zero attached hydrogens (tertiary/aromatic N) is 4. The molecule has 26 heavy (non-hydrogen) atoms. The van der Waals surface area contributed by atoms with E-state index in [1.54, 1.807) is 25.3 Å². The fourth-order valence-corrected chi connectivity index (χ4v) is 3.38. The lowest BCUT2D eigenvalue weighted by molar-refractivity contribution is -0.113. The second-order valence-corrected chi connectivity index (χ2v) is 7.33. The molecule has 0 saturated heterocycles. The molecular weight excluding hydrogens is 398 g/mol. The minimum absolute atomic E-state index is 0.107. The van der Waals surface area contributed by atoms with Crippen molar-refractivity contribution in [1.82, 2.24) is 20.4 Å². The molecular formula is C15H14ClN5O3S2. The molecule has 0 saturated carbocycles. The van der Waals surface area contributed by atoms with E-state index in [0.717, 1.165) is 23.2 Å². The average molecular weight is 412 g/mol. The number of rotatable bonds is 7. The first-order valence-corrected chi connectivity index (χ1v) is 9.69. The number of hydrogen-bond acceptors (Lipinski definition) is 9. The number of amides is 1. The minimum atomic E-state index is -0.228. The number of methoxy groups -OCH3 is 1. The quantitative estimate of drug-likeness (QED) is 0.589. The van der Waals surface area contributed by atoms with Crippen molar-refractivity contribution in [2.24, 2.45) is 0 Å². The van der Waals surface area contributed by atoms with Crippen molar-refractivity contribution in [3.63, 3.8) is 0 Å². The Kier molecular flexibility index (Phi) is 6.07. The van der Waals surface area contributed by atoms with Crippen molar-refractivity contribution in [2.75, 3.05) is 18.2 Å². The molecule has 0 aliphatic rings. The number of aromatic nitrogens is 4. The Balaban J connectivity index is 1.62. The summed E-state index contributed by atoms with van der Waals surface area (Å²) in [6, 6.07) is 5.10. The third-order valence-corrected chi connectivity index (χ3v) is 5.18. The van der Waals surface area contributed by atoms with Crippen LogP contribution in [0, 0.1) is 0 Å². The highest BCUT2D eigenvalue weighted by molar-refractivity contribution is 7.99. The van der Waals surface area contributed by atoms with E-state index in [4.69, 9.17) is 20.8 Å². The molecule has 1 amide bonds. The molecule has 0 radical (unpaired) electrons. The fourth-order valence-electron chi connectivity index (χ4n) is 1.95. The third-order valence-electron chi connectivity index (χ3n) is 3.14. The molecule has 3 rings (SSSR count). The summed E-state index contributed by atoms with van der Waals surface area (Å²) in [4.78, 5) is 12.0. The number of aryl methyl sites for hydroxylation is 1. The normalized spacial score (nSPS) is 10.7. The number of nitrogens with one attached hydrogen (secondary N) is 1. The molecule has 1 N–H and O–H groups in total. The van der Waals surface area contributed by atoms with Gasteiger partial charge in [-0.25, -0.2) is 0 Å². The van der Waals surface area contributed by atoms with Gasteiger partial charge in [-0.2, -0.15) is 0 Å². The smallest absolute Gasteiger partial charge is 0.277 e. The van der Waals surface area contributed by atoms with Gasteiger partial charge in [0.25, 0.3) is 11.1 Å². The van der Waals surface area contributed by atoms with Crippen LogP contribution in [-0.4, -0.2) is 39.2 Å². The highest BCUT2D eigenvalue weighted by Crippen LogP contribution is 2.33. The van der Waals surface area contributed by atoms with Crippen molar-refractivity contribution in [3.05, 3.63) is 28.2 Å². The van der Waals surface area contributed by atoms with Gasteiger partial charge in [0.15, 0.2) is 0 Å². The van der Waals surface area contributed by atoms with Gasteiger partial charge in [0, 0.05) is 5.02 Å². The molecule has 0 unspecified atom stereocenters. The predicted octanol–water partition coefficient (Wildman–Crippen LogP) is 3.54. The summed E-state index contributed by atoms with van der Waals surface area (Å²) < 4.78 is 10.9. The molecule has 2 heterocycles. The number of benzene rings is 1. The zero-order chi connectivity index (χ0) is 18.5. The summed E-state index contributed by atoms with van der Waals surface area (Å²) >= 11 is 8.48. The Morgan fingerprint density at radius 1 is 1.35 bits per heavy atom. The Hall–Kier alpha value is -2.17. The van der Waals surface area contributed by atoms with Crippen LogP contribution in [0.3, 0.4) is 0 Å². The SMILES string of the molecule is CCc1nnc(NC(=O)CSc2nnc(-c3cc(Cl)ccc3OC)o2)s1. The molecule has 3 aromatic rings. The molecule has 0 fully saturated rings. The maximum absolute atomic E-state index is 12.0. The van der Waals surface area contributed by atoms with Gasteiger partial charge in [0.05, 0.1) is 18.4 Å². The molecule has 0 aliphatic carbocycles. The number of carbonyl (C=O) groups excluding carboxylic acids is 1. The van der Waals surface area contributed by atoms with Crippen molar-refractivity contribution in [2.45, 2.75) is 18.6 Å². The zero-order valence-corrected chi connectivity index (χ0v) is 16.2. The van der Waals surface area contributed by atoms with E-state index in [-0.39, 0.29) is 22.8 Å². The highest BCUT2D eigenvalue weighted by Gasteiger charge is 2.16. The maximum Gasteiger partial charge on any atom is 0.277 e. The van der Waals surface area contributed by atoms with E-state index in [9.17, 15) is 4.79 Å². The van der Waals surface area contributed by atoms with Gasteiger partial charge in [-0.3, -0.25) is 10.1 Å². The summed E-state index contributed by atoms with van der Waals surface area (Å²) in [5.74, 6) is 0.711. The van der Waals surface area contributed by atoms with Crippen LogP contribution >= 0.6 is 34.7 Å². The second-order valence-electron chi connectivity index (χ2n) is 4.91. The number of anilines is 1. The number of ether oxygens (including phenoxy) is 1. The van der Waals surface area contributed by atoms with E-state index >= 15 is 0 Å². The van der Waals surface area contributed by atoms with E-state index in [1.807, 2.05) is 6.92 Å². The standard InChI is InChI=1S/C15H14ClN5O3S2/c1-3-12-18-20-14(26-12)17-11(22)7-25-15-21-19-13(24-15)9-6-8(16)4-5-10(9)23-2/h4-6H,3,7H2,1-2H3,(H,17,20,22). The van der Waals surface area contributed by atoms with Crippen LogP contribution < -0.4 is 10.1 Å². The number of hydrogen-bond donors (Lipinski definition) is 1. The highest BCUT2D eigenvalue weighted by atomic mass is 35.5. The van der Waals surface area contributed by atoms with Crippen LogP contribution in [0.15, 0.2) is 27.8 Å². The lowest BCUT2D eigenvalue weighted by Crippen LogP contribution is -2.13. The van der Waals surface area contributed by atoms with Gasteiger partial charge in [-0.15, -0.1) is 20.4 Å². The van der Waals surface area contributed by atoms with Crippen LogP contribution in [0.1, 0.15) is 11.9 Å². The van der Waals surface area contributed by atoms with E-state index in [0.29, 0.717) is 21.5 Å². The van der Waals surface area contributed by atoms with Gasteiger partial charge < -0.3 is 9.15 Å². The van der Waals surface area contributed by atoms with Crippen LogP contribution in [-0.2, 0) is 11.2 Å². The molecule has 2 aromatic heterocycles. The van der Waals surface area contributed by atoms with Gasteiger partial charge in [-0.1, -0.05) is 41.6 Å². The predicted molar refractivity (Wildman–Crippen MR) is 99.9 cm³/mol. The van der Waals surface area contributed by atoms with Crippen LogP contribution in [0.2, 0.25) is 5.02 Å². The second kappa shape index (κ2) is 8.47. The van der Waals surface area contributed by atoms with Crippen LogP contribution in [0.4, 0.5) is 5.13 Å². The Bertz CT molecular complexity index is 914. The number of halogens is 1. The molecule has 0 bridgehead atoms. The lowest BCUT2D eigenvalue weighted by atomic mass is 10.2. The molecule has 0 aliphatic heterocycles. The number of carbonyl (C=O) groups is 1. The van der Waals surface area contributed by atoms with Gasteiger partial charge >= 0.3 is 0 Å². The lowest BCUT2D eigenvalue weighted by Gasteiger charge is -2.04. The largest absolute Gasteiger partial charge is 0.496 e. The Morgan fingerprint density at radius 3 is 2.92 bits per heavy atom. The van der Waals surface area contributed by atoms with Crippen molar-refractivity contribution in [3.8, 4) is 17.2 Å². The molecule has 8 nitrogen and oxygen atoms in total. The van der Waals surface area contributed by atoms with Gasteiger partial charge in [0.1, 0.15) is 10.8 Å². The van der Waals surface area contributed by atoms with Crippen molar-refractivity contribution >= 4 is 45.7 Å². The molecule has 136 valence electrons. The summed E-state index contributed by atoms with van der Waals surface area (Å²) in [5.41, 5.74) is 0.588. The topological polar surface area (TPSA) is 103 Å². The first-order valence-electron chi connectivity index (χ1n) is 7.51. The first-order chi connectivity index (χ1) is 12.6. The van der Waals surface area contributed by atoms with Crippen molar-refractivity contribution < 1.29 is 13.9 Å². The van der Waals surface area contributed by atoms with Crippen LogP contribution in [0.25, 0.3) is 11.5 Å². The molecule has 0 spiro atoms. The van der Waals surface area contributed by atoms with Crippen LogP contribution in [0.5, 0.6) is 5.75 Å². The maximum atomic E-state index is 12.0. The van der Waals surface area contributed by atoms with E-state index in [2.05, 4.69) is 25.7 Å². The number of thioether (sulfide) groups is 1. The zero-order valence-electron chi connectivity index (χ0n) is 13.9. The minimum Gasteiger partial charge on any atom is -0.496 e. The summed E-state index contributed by atoms with van der Waals surface area (Å²) in [6.07, 6.45) is 0.778. The fraction of sp³-hybridized carbons (Fsp3) is 0.267. The Labute approximate surface area is 162 Å². The van der Waals surface area contributed by atoms with Gasteiger partial charge in [0.2, 0.25) is 11.0 Å². The van der Waals surface area contributed by atoms with E-state index < -0.39 is 0 Å². The molecule has 0 atom stereocenters. The third kappa shape index (κ3) is 4.51. The van der Waals surface area contributed by atoms with Crippen molar-refractivity contribution in [1.29, 1.82) is 0 Å². The monoisotopic (exact) mass is 411 g/mol. The molecule has 11 heteroatoms. The molecule has 1 aromatic carbocycles.